The maximum Gasteiger partial charge on any atom is 0.209 e. The second-order valence-electron chi connectivity index (χ2n) is 3.45. The molecular formula is C9H13ClN4OS. The van der Waals surface area contributed by atoms with Crippen molar-refractivity contribution in [2.45, 2.75) is 30.6 Å². The first-order chi connectivity index (χ1) is 7.90. The number of halogens is 1. The Balaban J connectivity index is 1.90. The summed E-state index contributed by atoms with van der Waals surface area (Å²) in [6.07, 6.45) is 4.33. The van der Waals surface area contributed by atoms with E-state index >= 15 is 0 Å². The minimum atomic E-state index is 0.256. The number of rotatable bonds is 5. The van der Waals surface area contributed by atoms with Crippen molar-refractivity contribution in [1.29, 1.82) is 0 Å². The van der Waals surface area contributed by atoms with Gasteiger partial charge in [0.05, 0.1) is 12.6 Å². The largest absolute Gasteiger partial charge is 0.376 e. The predicted octanol–water partition coefficient (Wildman–Crippen LogP) is 1.70. The van der Waals surface area contributed by atoms with Crippen LogP contribution in [0.1, 0.15) is 12.8 Å². The van der Waals surface area contributed by atoms with Crippen molar-refractivity contribution in [3.8, 4) is 0 Å². The highest BCUT2D eigenvalue weighted by Crippen LogP contribution is 2.18. The van der Waals surface area contributed by atoms with Gasteiger partial charge in [-0.05, 0) is 23.3 Å². The molecule has 1 aromatic heterocycles. The highest BCUT2D eigenvalue weighted by molar-refractivity contribution is 7.99. The molecule has 1 aliphatic heterocycles. The fourth-order valence-electron chi connectivity index (χ4n) is 1.55. The molecule has 2 rings (SSSR count). The van der Waals surface area contributed by atoms with Crippen LogP contribution in [0.15, 0.2) is 16.8 Å². The molecule has 2 heterocycles. The van der Waals surface area contributed by atoms with Gasteiger partial charge in [0, 0.05) is 17.9 Å². The second-order valence-corrected chi connectivity index (χ2v) is 4.69. The first kappa shape index (κ1) is 11.9. The standard InChI is InChI=1S/C9H13ClN4OS/c10-4-2-6-16-9-11-12-13-14(9)7-8-3-1-5-15-8/h2,4,8H,1,3,5-7H2/b4-2+. The first-order valence-corrected chi connectivity index (χ1v) is 6.58. The Labute approximate surface area is 103 Å². The minimum absolute atomic E-state index is 0.256. The van der Waals surface area contributed by atoms with Gasteiger partial charge in [0.15, 0.2) is 0 Å². The van der Waals surface area contributed by atoms with E-state index in [0.717, 1.165) is 36.9 Å². The van der Waals surface area contributed by atoms with E-state index < -0.39 is 0 Å². The van der Waals surface area contributed by atoms with Crippen LogP contribution in [-0.2, 0) is 11.3 Å². The zero-order valence-electron chi connectivity index (χ0n) is 8.75. The van der Waals surface area contributed by atoms with Gasteiger partial charge in [-0.25, -0.2) is 4.68 Å². The molecule has 88 valence electrons. The number of hydrogen-bond donors (Lipinski definition) is 0. The number of hydrogen-bond acceptors (Lipinski definition) is 5. The van der Waals surface area contributed by atoms with E-state index in [4.69, 9.17) is 16.3 Å². The quantitative estimate of drug-likeness (QED) is 0.755. The third kappa shape index (κ3) is 3.20. The molecule has 1 atom stereocenters. The lowest BCUT2D eigenvalue weighted by Crippen LogP contribution is -2.16. The van der Waals surface area contributed by atoms with Gasteiger partial charge in [-0.1, -0.05) is 29.4 Å². The van der Waals surface area contributed by atoms with Crippen molar-refractivity contribution in [3.63, 3.8) is 0 Å². The fourth-order valence-corrected chi connectivity index (χ4v) is 2.45. The van der Waals surface area contributed by atoms with Crippen LogP contribution in [0.2, 0.25) is 0 Å². The summed E-state index contributed by atoms with van der Waals surface area (Å²) in [5.74, 6) is 0.773. The van der Waals surface area contributed by atoms with E-state index in [0.29, 0.717) is 0 Å². The zero-order valence-corrected chi connectivity index (χ0v) is 10.3. The van der Waals surface area contributed by atoms with Gasteiger partial charge in [0.25, 0.3) is 0 Å². The third-order valence-electron chi connectivity index (χ3n) is 2.30. The lowest BCUT2D eigenvalue weighted by molar-refractivity contribution is 0.0912. The summed E-state index contributed by atoms with van der Waals surface area (Å²) < 4.78 is 7.34. The van der Waals surface area contributed by atoms with E-state index in [-0.39, 0.29) is 6.10 Å². The van der Waals surface area contributed by atoms with Gasteiger partial charge in [0.1, 0.15) is 0 Å². The number of tetrazole rings is 1. The fraction of sp³-hybridized carbons (Fsp3) is 0.667. The molecule has 0 bridgehead atoms. The summed E-state index contributed by atoms with van der Waals surface area (Å²) >= 11 is 7.01. The molecule has 7 heteroatoms. The summed E-state index contributed by atoms with van der Waals surface area (Å²) in [5.41, 5.74) is 1.50. The molecule has 0 radical (unpaired) electrons. The molecule has 0 saturated carbocycles. The lowest BCUT2D eigenvalue weighted by atomic mass is 10.2. The summed E-state index contributed by atoms with van der Waals surface area (Å²) in [7, 11) is 0. The van der Waals surface area contributed by atoms with E-state index in [1.165, 1.54) is 5.54 Å². The van der Waals surface area contributed by atoms with Gasteiger partial charge in [-0.15, -0.1) is 5.10 Å². The van der Waals surface area contributed by atoms with Crippen LogP contribution in [0.5, 0.6) is 0 Å². The highest BCUT2D eigenvalue weighted by atomic mass is 35.5. The van der Waals surface area contributed by atoms with Gasteiger partial charge in [0.2, 0.25) is 5.16 Å². The maximum absolute atomic E-state index is 5.55. The van der Waals surface area contributed by atoms with Crippen LogP contribution in [0, 0.1) is 0 Å². The Morgan fingerprint density at radius 1 is 1.62 bits per heavy atom. The van der Waals surface area contributed by atoms with Crippen LogP contribution in [-0.4, -0.2) is 38.7 Å². The van der Waals surface area contributed by atoms with E-state index in [9.17, 15) is 0 Å². The van der Waals surface area contributed by atoms with Crippen LogP contribution >= 0.6 is 23.4 Å². The molecule has 0 amide bonds. The van der Waals surface area contributed by atoms with E-state index in [1.54, 1.807) is 16.4 Å². The van der Waals surface area contributed by atoms with Gasteiger partial charge >= 0.3 is 0 Å². The second kappa shape index (κ2) is 6.22. The van der Waals surface area contributed by atoms with E-state index in [2.05, 4.69) is 15.5 Å². The van der Waals surface area contributed by atoms with Crippen LogP contribution < -0.4 is 0 Å². The molecule has 1 aliphatic rings. The van der Waals surface area contributed by atoms with Gasteiger partial charge < -0.3 is 4.74 Å². The van der Waals surface area contributed by atoms with Crippen LogP contribution in [0.25, 0.3) is 0 Å². The Kier molecular flexibility index (Phi) is 4.62. The van der Waals surface area contributed by atoms with Crippen molar-refractivity contribution in [3.05, 3.63) is 11.6 Å². The smallest absolute Gasteiger partial charge is 0.209 e. The Morgan fingerprint density at radius 2 is 2.56 bits per heavy atom. The summed E-state index contributed by atoms with van der Waals surface area (Å²) in [4.78, 5) is 0. The average Bonchev–Trinajstić information content (AvgIpc) is 2.92. The van der Waals surface area contributed by atoms with Gasteiger partial charge in [-0.2, -0.15) is 0 Å². The monoisotopic (exact) mass is 260 g/mol. The van der Waals surface area contributed by atoms with E-state index in [1.807, 2.05) is 6.08 Å². The molecule has 0 aliphatic carbocycles. The normalized spacial score (nSPS) is 20.9. The SMILES string of the molecule is Cl/C=C/CSc1nnnn1CC1CCCO1. The summed E-state index contributed by atoms with van der Waals surface area (Å²) in [5, 5.41) is 12.4. The molecule has 1 saturated heterocycles. The van der Waals surface area contributed by atoms with Crippen LogP contribution in [0.3, 0.4) is 0 Å². The number of thioether (sulfide) groups is 1. The molecular weight excluding hydrogens is 248 g/mol. The number of nitrogens with zero attached hydrogens (tertiary/aromatic N) is 4. The molecule has 0 N–H and O–H groups in total. The summed E-state index contributed by atoms with van der Waals surface area (Å²) in [6, 6.07) is 0. The average molecular weight is 261 g/mol. The molecule has 1 fully saturated rings. The van der Waals surface area contributed by atoms with Crippen molar-refractivity contribution in [2.24, 2.45) is 0 Å². The summed E-state index contributed by atoms with van der Waals surface area (Å²) in [6.45, 7) is 1.59. The predicted molar refractivity (Wildman–Crippen MR) is 62.5 cm³/mol. The zero-order chi connectivity index (χ0) is 11.2. The van der Waals surface area contributed by atoms with Crippen molar-refractivity contribution in [1.82, 2.24) is 20.2 Å². The molecule has 1 aromatic rings. The molecule has 16 heavy (non-hydrogen) atoms. The third-order valence-corrected chi connectivity index (χ3v) is 3.39. The topological polar surface area (TPSA) is 52.8 Å². The molecule has 5 nitrogen and oxygen atoms in total. The highest BCUT2D eigenvalue weighted by Gasteiger charge is 2.18. The Hall–Kier alpha value is -0.590. The lowest BCUT2D eigenvalue weighted by Gasteiger charge is -2.09. The Morgan fingerprint density at radius 3 is 3.31 bits per heavy atom. The molecule has 1 unspecified atom stereocenters. The first-order valence-electron chi connectivity index (χ1n) is 5.16. The molecule has 0 spiro atoms. The minimum Gasteiger partial charge on any atom is -0.376 e. The van der Waals surface area contributed by atoms with Crippen LogP contribution in [0.4, 0.5) is 0 Å². The molecule has 0 aromatic carbocycles. The van der Waals surface area contributed by atoms with Crippen molar-refractivity contribution < 1.29 is 4.74 Å². The van der Waals surface area contributed by atoms with Gasteiger partial charge in [-0.3, -0.25) is 0 Å². The Bertz CT molecular complexity index is 351. The number of aromatic nitrogens is 4. The van der Waals surface area contributed by atoms with Crippen molar-refractivity contribution in [2.75, 3.05) is 12.4 Å². The number of ether oxygens (including phenoxy) is 1. The van der Waals surface area contributed by atoms with Crippen molar-refractivity contribution >= 4 is 23.4 Å². The maximum atomic E-state index is 5.55.